The molecule has 1 aliphatic heterocycles. The standard InChI is InChI=1S/C6H13NO2/c1-6(7,4-8)5-2-9-3-5/h5,8H,2-4,7H2,1H3. The molecule has 1 saturated heterocycles. The summed E-state index contributed by atoms with van der Waals surface area (Å²) in [6.45, 7) is 3.29. The molecule has 0 amide bonds. The fraction of sp³-hybridized carbons (Fsp3) is 1.00. The summed E-state index contributed by atoms with van der Waals surface area (Å²) in [7, 11) is 0. The molecule has 3 heteroatoms. The third-order valence-corrected chi connectivity index (χ3v) is 1.91. The van der Waals surface area contributed by atoms with Crippen LogP contribution in [0.25, 0.3) is 0 Å². The zero-order valence-electron chi connectivity index (χ0n) is 5.63. The van der Waals surface area contributed by atoms with Gasteiger partial charge in [-0.1, -0.05) is 0 Å². The van der Waals surface area contributed by atoms with Crippen LogP contribution < -0.4 is 5.73 Å². The van der Waals surface area contributed by atoms with Crippen molar-refractivity contribution in [1.29, 1.82) is 0 Å². The molecule has 0 aromatic carbocycles. The Hall–Kier alpha value is -0.120. The molecule has 0 aromatic rings. The second kappa shape index (κ2) is 2.25. The fourth-order valence-corrected chi connectivity index (χ4v) is 0.746. The van der Waals surface area contributed by atoms with Crippen LogP contribution in [0.15, 0.2) is 0 Å². The molecule has 0 bridgehead atoms. The first-order valence-electron chi connectivity index (χ1n) is 3.14. The predicted molar refractivity (Wildman–Crippen MR) is 34.0 cm³/mol. The van der Waals surface area contributed by atoms with Crippen LogP contribution >= 0.6 is 0 Å². The van der Waals surface area contributed by atoms with Crippen molar-refractivity contribution in [3.63, 3.8) is 0 Å². The van der Waals surface area contributed by atoms with E-state index < -0.39 is 5.54 Å². The number of hydrogen-bond acceptors (Lipinski definition) is 3. The Morgan fingerprint density at radius 1 is 1.78 bits per heavy atom. The smallest absolute Gasteiger partial charge is 0.0612 e. The van der Waals surface area contributed by atoms with Crippen LogP contribution in [-0.2, 0) is 4.74 Å². The maximum Gasteiger partial charge on any atom is 0.0612 e. The highest BCUT2D eigenvalue weighted by molar-refractivity contribution is 4.89. The molecule has 1 unspecified atom stereocenters. The van der Waals surface area contributed by atoms with E-state index in [-0.39, 0.29) is 6.61 Å². The van der Waals surface area contributed by atoms with Gasteiger partial charge in [-0.15, -0.1) is 0 Å². The molecule has 1 rings (SSSR count). The second-order valence-electron chi connectivity index (χ2n) is 2.90. The van der Waals surface area contributed by atoms with E-state index in [1.165, 1.54) is 0 Å². The number of rotatable bonds is 2. The molecule has 1 atom stereocenters. The fourth-order valence-electron chi connectivity index (χ4n) is 0.746. The van der Waals surface area contributed by atoms with E-state index in [4.69, 9.17) is 15.6 Å². The lowest BCUT2D eigenvalue weighted by molar-refractivity contribution is -0.0763. The molecule has 0 spiro atoms. The Balaban J connectivity index is 2.37. The van der Waals surface area contributed by atoms with Gasteiger partial charge in [0.25, 0.3) is 0 Å². The molecule has 3 N–H and O–H groups in total. The molecule has 0 aliphatic carbocycles. The van der Waals surface area contributed by atoms with Crippen LogP contribution in [0.1, 0.15) is 6.92 Å². The maximum absolute atomic E-state index is 8.75. The number of ether oxygens (including phenoxy) is 1. The number of aliphatic hydroxyl groups excluding tert-OH is 1. The van der Waals surface area contributed by atoms with Crippen molar-refractivity contribution in [3.8, 4) is 0 Å². The Kier molecular flexibility index (Phi) is 1.75. The average molecular weight is 131 g/mol. The minimum Gasteiger partial charge on any atom is -0.394 e. The Morgan fingerprint density at radius 3 is 2.44 bits per heavy atom. The molecular weight excluding hydrogens is 118 g/mol. The van der Waals surface area contributed by atoms with E-state index in [0.29, 0.717) is 19.1 Å². The monoisotopic (exact) mass is 131 g/mol. The van der Waals surface area contributed by atoms with Crippen LogP contribution in [0.3, 0.4) is 0 Å². The van der Waals surface area contributed by atoms with E-state index in [1.807, 2.05) is 6.92 Å². The van der Waals surface area contributed by atoms with E-state index in [9.17, 15) is 0 Å². The van der Waals surface area contributed by atoms with Crippen LogP contribution in [0.5, 0.6) is 0 Å². The molecule has 54 valence electrons. The number of aliphatic hydroxyl groups is 1. The minimum atomic E-state index is -0.432. The van der Waals surface area contributed by atoms with Gasteiger partial charge in [0.05, 0.1) is 19.8 Å². The highest BCUT2D eigenvalue weighted by atomic mass is 16.5. The Labute approximate surface area is 54.8 Å². The molecule has 1 heterocycles. The first kappa shape index (κ1) is 6.99. The Morgan fingerprint density at radius 2 is 2.33 bits per heavy atom. The van der Waals surface area contributed by atoms with E-state index in [2.05, 4.69) is 0 Å². The molecular formula is C6H13NO2. The molecule has 0 aromatic heterocycles. The zero-order chi connectivity index (χ0) is 6.91. The predicted octanol–water partition coefficient (Wildman–Crippen LogP) is -0.658. The summed E-state index contributed by atoms with van der Waals surface area (Å²) >= 11 is 0. The minimum absolute atomic E-state index is 0.0427. The third-order valence-electron chi connectivity index (χ3n) is 1.91. The van der Waals surface area contributed by atoms with Gasteiger partial charge in [-0.25, -0.2) is 0 Å². The first-order chi connectivity index (χ1) is 4.17. The average Bonchev–Trinajstić information content (AvgIpc) is 1.60. The lowest BCUT2D eigenvalue weighted by Crippen LogP contribution is -2.55. The molecule has 0 saturated carbocycles. The third kappa shape index (κ3) is 1.23. The quantitative estimate of drug-likeness (QED) is 0.523. The van der Waals surface area contributed by atoms with Crippen LogP contribution in [-0.4, -0.2) is 30.5 Å². The lowest BCUT2D eigenvalue weighted by Gasteiger charge is -2.38. The highest BCUT2D eigenvalue weighted by Crippen LogP contribution is 2.21. The van der Waals surface area contributed by atoms with E-state index in [0.717, 1.165) is 0 Å². The van der Waals surface area contributed by atoms with E-state index >= 15 is 0 Å². The van der Waals surface area contributed by atoms with Crippen LogP contribution in [0.4, 0.5) is 0 Å². The summed E-state index contributed by atoms with van der Waals surface area (Å²) in [5, 5.41) is 8.75. The summed E-state index contributed by atoms with van der Waals surface area (Å²) in [4.78, 5) is 0. The SMILES string of the molecule is CC(N)(CO)C1COC1. The van der Waals surface area contributed by atoms with Crippen LogP contribution in [0.2, 0.25) is 0 Å². The number of nitrogens with two attached hydrogens (primary N) is 1. The summed E-state index contributed by atoms with van der Waals surface area (Å²) < 4.78 is 4.93. The highest BCUT2D eigenvalue weighted by Gasteiger charge is 2.34. The largest absolute Gasteiger partial charge is 0.394 e. The van der Waals surface area contributed by atoms with Crippen molar-refractivity contribution in [1.82, 2.24) is 0 Å². The summed E-state index contributed by atoms with van der Waals surface area (Å²) in [6.07, 6.45) is 0. The van der Waals surface area contributed by atoms with Gasteiger partial charge in [-0.2, -0.15) is 0 Å². The summed E-state index contributed by atoms with van der Waals surface area (Å²) in [5.74, 6) is 0.350. The maximum atomic E-state index is 8.75. The topological polar surface area (TPSA) is 55.5 Å². The molecule has 3 nitrogen and oxygen atoms in total. The van der Waals surface area contributed by atoms with Gasteiger partial charge in [-0.3, -0.25) is 0 Å². The van der Waals surface area contributed by atoms with Gasteiger partial charge in [-0.05, 0) is 6.92 Å². The van der Waals surface area contributed by atoms with Gasteiger partial charge >= 0.3 is 0 Å². The molecule has 9 heavy (non-hydrogen) atoms. The molecule has 0 radical (unpaired) electrons. The molecule has 1 aliphatic rings. The van der Waals surface area contributed by atoms with E-state index in [1.54, 1.807) is 0 Å². The summed E-state index contributed by atoms with van der Waals surface area (Å²) in [5.41, 5.74) is 5.26. The zero-order valence-corrected chi connectivity index (χ0v) is 5.63. The number of hydrogen-bond donors (Lipinski definition) is 2. The lowest BCUT2D eigenvalue weighted by atomic mass is 9.86. The van der Waals surface area contributed by atoms with Crippen molar-refractivity contribution in [2.75, 3.05) is 19.8 Å². The van der Waals surface area contributed by atoms with Gasteiger partial charge in [0.1, 0.15) is 0 Å². The first-order valence-corrected chi connectivity index (χ1v) is 3.14. The Bertz CT molecular complexity index is 99.2. The van der Waals surface area contributed by atoms with Crippen molar-refractivity contribution < 1.29 is 9.84 Å². The normalized spacial score (nSPS) is 27.0. The van der Waals surface area contributed by atoms with Gasteiger partial charge in [0, 0.05) is 11.5 Å². The second-order valence-corrected chi connectivity index (χ2v) is 2.90. The molecule has 1 fully saturated rings. The van der Waals surface area contributed by atoms with Crippen molar-refractivity contribution in [2.24, 2.45) is 11.7 Å². The summed E-state index contributed by atoms with van der Waals surface area (Å²) in [6, 6.07) is 0. The van der Waals surface area contributed by atoms with Crippen LogP contribution in [0, 0.1) is 5.92 Å². The van der Waals surface area contributed by atoms with Crippen molar-refractivity contribution in [2.45, 2.75) is 12.5 Å². The van der Waals surface area contributed by atoms with Crippen molar-refractivity contribution in [3.05, 3.63) is 0 Å². The van der Waals surface area contributed by atoms with Gasteiger partial charge < -0.3 is 15.6 Å². The van der Waals surface area contributed by atoms with Gasteiger partial charge in [0.2, 0.25) is 0 Å². The van der Waals surface area contributed by atoms with Crippen molar-refractivity contribution >= 4 is 0 Å². The van der Waals surface area contributed by atoms with Gasteiger partial charge in [0.15, 0.2) is 0 Å².